The average molecular weight is 420 g/mol. The molecule has 0 bridgehead atoms. The first-order valence-electron chi connectivity index (χ1n) is 12.3. The van der Waals surface area contributed by atoms with Crippen LogP contribution in [-0.2, 0) is 14.4 Å². The van der Waals surface area contributed by atoms with Crippen molar-refractivity contribution in [2.75, 3.05) is 39.3 Å². The lowest BCUT2D eigenvalue weighted by Gasteiger charge is -2.33. The van der Waals surface area contributed by atoms with Crippen LogP contribution in [0.4, 0.5) is 0 Å². The van der Waals surface area contributed by atoms with Gasteiger partial charge in [0.2, 0.25) is 17.7 Å². The lowest BCUT2D eigenvalue weighted by atomic mass is 9.94. The summed E-state index contributed by atoms with van der Waals surface area (Å²) in [5.41, 5.74) is 0. The smallest absolute Gasteiger partial charge is 0.222 e. The van der Waals surface area contributed by atoms with Gasteiger partial charge in [0.05, 0.1) is 0 Å². The van der Waals surface area contributed by atoms with Crippen LogP contribution in [0.15, 0.2) is 0 Å². The molecule has 0 aromatic carbocycles. The van der Waals surface area contributed by atoms with Gasteiger partial charge in [-0.25, -0.2) is 0 Å². The summed E-state index contributed by atoms with van der Waals surface area (Å²) in [6, 6.07) is 0. The highest BCUT2D eigenvalue weighted by Gasteiger charge is 2.28. The topological polar surface area (TPSA) is 60.9 Å². The average Bonchev–Trinajstić information content (AvgIpc) is 2.93. The number of hydrogen-bond donors (Lipinski definition) is 0. The van der Waals surface area contributed by atoms with E-state index in [0.29, 0.717) is 30.6 Å². The summed E-state index contributed by atoms with van der Waals surface area (Å²) in [7, 11) is 0. The molecule has 0 aromatic rings. The fourth-order valence-electron chi connectivity index (χ4n) is 5.39. The van der Waals surface area contributed by atoms with Gasteiger partial charge in [0.25, 0.3) is 0 Å². The molecule has 30 heavy (non-hydrogen) atoms. The van der Waals surface area contributed by atoms with Gasteiger partial charge in [-0.05, 0) is 56.8 Å². The predicted octanol–water partition coefficient (Wildman–Crippen LogP) is 3.45. The fraction of sp³-hybridized carbons (Fsp3) is 0.875. The van der Waals surface area contributed by atoms with E-state index in [-0.39, 0.29) is 11.8 Å². The Morgan fingerprint density at radius 2 is 1.10 bits per heavy atom. The van der Waals surface area contributed by atoms with Crippen molar-refractivity contribution in [3.63, 3.8) is 0 Å². The van der Waals surface area contributed by atoms with Gasteiger partial charge >= 0.3 is 0 Å². The maximum Gasteiger partial charge on any atom is 0.222 e. The summed E-state index contributed by atoms with van der Waals surface area (Å²) in [6.07, 6.45) is 12.3. The van der Waals surface area contributed by atoms with Gasteiger partial charge in [-0.3, -0.25) is 14.4 Å². The summed E-state index contributed by atoms with van der Waals surface area (Å²) >= 11 is 0. The van der Waals surface area contributed by atoms with Crippen LogP contribution in [-0.4, -0.2) is 71.7 Å². The molecule has 6 nitrogen and oxygen atoms in total. The first-order valence-corrected chi connectivity index (χ1v) is 12.3. The van der Waals surface area contributed by atoms with Gasteiger partial charge < -0.3 is 14.7 Å². The predicted molar refractivity (Wildman–Crippen MR) is 118 cm³/mol. The van der Waals surface area contributed by atoms with Crippen molar-refractivity contribution in [1.29, 1.82) is 0 Å². The minimum absolute atomic E-state index is 0.120. The first kappa shape index (κ1) is 23.1. The highest BCUT2D eigenvalue weighted by molar-refractivity contribution is 5.77. The Kier molecular flexibility index (Phi) is 9.01. The van der Waals surface area contributed by atoms with Crippen molar-refractivity contribution < 1.29 is 14.4 Å². The van der Waals surface area contributed by atoms with Crippen LogP contribution in [0.5, 0.6) is 0 Å². The van der Waals surface area contributed by atoms with E-state index in [1.807, 2.05) is 9.80 Å². The Morgan fingerprint density at radius 3 is 1.77 bits per heavy atom. The van der Waals surface area contributed by atoms with E-state index in [1.165, 1.54) is 19.3 Å². The molecule has 2 atom stereocenters. The zero-order valence-electron chi connectivity index (χ0n) is 18.9. The number of nitrogens with zero attached hydrogens (tertiary/aromatic N) is 3. The Balaban J connectivity index is 1.43. The maximum absolute atomic E-state index is 12.9. The first-order chi connectivity index (χ1) is 14.5. The molecule has 6 heteroatoms. The highest BCUT2D eigenvalue weighted by Crippen LogP contribution is 2.25. The van der Waals surface area contributed by atoms with Gasteiger partial charge in [0, 0.05) is 59.0 Å². The summed E-state index contributed by atoms with van der Waals surface area (Å²) in [5.74, 6) is 1.38. The zero-order chi connectivity index (χ0) is 21.3. The standard InChI is InChI=1S/C24H41N3O3/c1-20(28)27-15-8-10-22(19-27)18-24(30)26-14-7-9-21(11-16-26)17-23(29)25-12-5-3-2-4-6-13-25/h21-22H,2-19H2,1H3. The van der Waals surface area contributed by atoms with Crippen LogP contribution in [0.1, 0.15) is 84.0 Å². The molecule has 0 aromatic heterocycles. The van der Waals surface area contributed by atoms with Crippen molar-refractivity contribution in [3.8, 4) is 0 Å². The zero-order valence-corrected chi connectivity index (χ0v) is 18.9. The second kappa shape index (κ2) is 11.7. The normalized spacial score (nSPS) is 26.5. The van der Waals surface area contributed by atoms with E-state index >= 15 is 0 Å². The molecular weight excluding hydrogens is 378 g/mol. The molecule has 3 aliphatic heterocycles. The van der Waals surface area contributed by atoms with Crippen LogP contribution in [0.2, 0.25) is 0 Å². The number of likely N-dealkylation sites (tertiary alicyclic amines) is 3. The van der Waals surface area contributed by atoms with E-state index in [9.17, 15) is 14.4 Å². The van der Waals surface area contributed by atoms with Gasteiger partial charge in [0.15, 0.2) is 0 Å². The van der Waals surface area contributed by atoms with Gasteiger partial charge in [0.1, 0.15) is 0 Å². The largest absolute Gasteiger partial charge is 0.343 e. The lowest BCUT2D eigenvalue weighted by molar-refractivity contribution is -0.135. The van der Waals surface area contributed by atoms with E-state index in [1.54, 1.807) is 6.92 Å². The molecule has 3 fully saturated rings. The van der Waals surface area contributed by atoms with Crippen molar-refractivity contribution in [2.24, 2.45) is 11.8 Å². The van der Waals surface area contributed by atoms with E-state index in [0.717, 1.165) is 84.2 Å². The Bertz CT molecular complexity index is 586. The number of piperidine rings is 1. The van der Waals surface area contributed by atoms with Crippen molar-refractivity contribution in [2.45, 2.75) is 84.0 Å². The van der Waals surface area contributed by atoms with Crippen LogP contribution >= 0.6 is 0 Å². The quantitative estimate of drug-likeness (QED) is 0.701. The third-order valence-corrected chi connectivity index (χ3v) is 7.30. The van der Waals surface area contributed by atoms with Crippen molar-refractivity contribution in [1.82, 2.24) is 14.7 Å². The Labute approximate surface area is 182 Å². The van der Waals surface area contributed by atoms with Crippen LogP contribution in [0.3, 0.4) is 0 Å². The van der Waals surface area contributed by atoms with E-state index in [2.05, 4.69) is 4.90 Å². The molecule has 170 valence electrons. The lowest BCUT2D eigenvalue weighted by Crippen LogP contribution is -2.41. The third kappa shape index (κ3) is 6.98. The van der Waals surface area contributed by atoms with Gasteiger partial charge in [-0.15, -0.1) is 0 Å². The molecule has 3 heterocycles. The maximum atomic E-state index is 12.9. The van der Waals surface area contributed by atoms with Crippen LogP contribution in [0.25, 0.3) is 0 Å². The summed E-state index contributed by atoms with van der Waals surface area (Å²) < 4.78 is 0. The summed E-state index contributed by atoms with van der Waals surface area (Å²) in [5, 5.41) is 0. The minimum atomic E-state index is 0.120. The second-order valence-corrected chi connectivity index (χ2v) is 9.71. The molecule has 0 radical (unpaired) electrons. The summed E-state index contributed by atoms with van der Waals surface area (Å²) in [4.78, 5) is 43.4. The van der Waals surface area contributed by atoms with Gasteiger partial charge in [-0.2, -0.15) is 0 Å². The van der Waals surface area contributed by atoms with E-state index in [4.69, 9.17) is 0 Å². The summed E-state index contributed by atoms with van der Waals surface area (Å²) in [6.45, 7) is 6.62. The molecule has 2 unspecified atom stereocenters. The monoisotopic (exact) mass is 419 g/mol. The number of hydrogen-bond acceptors (Lipinski definition) is 3. The molecule has 0 spiro atoms. The second-order valence-electron chi connectivity index (χ2n) is 9.71. The highest BCUT2D eigenvalue weighted by atomic mass is 16.2. The van der Waals surface area contributed by atoms with Gasteiger partial charge in [-0.1, -0.05) is 19.3 Å². The van der Waals surface area contributed by atoms with Crippen LogP contribution in [0, 0.1) is 11.8 Å². The Morgan fingerprint density at radius 1 is 0.600 bits per heavy atom. The molecular formula is C24H41N3O3. The molecule has 0 N–H and O–H groups in total. The molecule has 3 amide bonds. The van der Waals surface area contributed by atoms with Crippen molar-refractivity contribution >= 4 is 17.7 Å². The number of rotatable bonds is 4. The molecule has 0 aliphatic carbocycles. The van der Waals surface area contributed by atoms with Crippen LogP contribution < -0.4 is 0 Å². The number of carbonyl (C=O) groups excluding carboxylic acids is 3. The fourth-order valence-corrected chi connectivity index (χ4v) is 5.39. The number of amides is 3. The molecule has 3 rings (SSSR count). The molecule has 0 saturated carbocycles. The Hall–Kier alpha value is -1.59. The van der Waals surface area contributed by atoms with E-state index < -0.39 is 0 Å². The minimum Gasteiger partial charge on any atom is -0.343 e. The van der Waals surface area contributed by atoms with Crippen molar-refractivity contribution in [3.05, 3.63) is 0 Å². The molecule has 3 saturated heterocycles. The number of carbonyl (C=O) groups is 3. The SMILES string of the molecule is CC(=O)N1CCCC(CC(=O)N2CCCC(CC(=O)N3CCCCCCC3)CC2)C1. The molecule has 3 aliphatic rings. The third-order valence-electron chi connectivity index (χ3n) is 7.30.